The lowest BCUT2D eigenvalue weighted by atomic mass is 9.90. The van der Waals surface area contributed by atoms with E-state index in [-0.39, 0.29) is 15.9 Å². The molecule has 2 rings (SSSR count). The van der Waals surface area contributed by atoms with Gasteiger partial charge in [-0.1, -0.05) is 34.6 Å². The molecule has 2 aromatic rings. The van der Waals surface area contributed by atoms with E-state index in [4.69, 9.17) is 0 Å². The number of carboxylic acids is 1. The molecular weight excluding hydrogens is 340 g/mol. The van der Waals surface area contributed by atoms with Crippen molar-refractivity contribution in [1.82, 2.24) is 9.29 Å². The molecule has 6 nitrogen and oxygen atoms in total. The van der Waals surface area contributed by atoms with Crippen molar-refractivity contribution >= 4 is 26.9 Å². The van der Waals surface area contributed by atoms with E-state index < -0.39 is 16.0 Å². The summed E-state index contributed by atoms with van der Waals surface area (Å²) < 4.78 is 26.7. The van der Waals surface area contributed by atoms with Gasteiger partial charge in [-0.25, -0.2) is 13.2 Å². The number of pyridine rings is 1. The number of hydrogen-bond donors (Lipinski definition) is 1. The van der Waals surface area contributed by atoms with Crippen molar-refractivity contribution in [2.45, 2.75) is 44.9 Å². The van der Waals surface area contributed by atoms with E-state index >= 15 is 0 Å². The van der Waals surface area contributed by atoms with Crippen LogP contribution in [0, 0.1) is 0 Å². The number of benzene rings is 1. The number of carboxylic acid groups (broad SMARTS) is 1. The minimum absolute atomic E-state index is 0.0616. The maximum absolute atomic E-state index is 12.7. The number of fused-ring (bicyclic) bond motifs is 1. The predicted molar refractivity (Wildman–Crippen MR) is 97.5 cm³/mol. The Bertz CT molecular complexity index is 911. The third kappa shape index (κ3) is 3.67. The fourth-order valence-corrected chi connectivity index (χ4v) is 4.12. The molecular formula is C18H24N2O4S. The first kappa shape index (κ1) is 19.3. The first-order valence-electron chi connectivity index (χ1n) is 8.21. The SMILES string of the molecule is CCN(CC)S(=O)(=O)c1ccc2nc(C(C)(C)C)cc(C(=O)O)c2c1. The zero-order valence-electron chi connectivity index (χ0n) is 15.2. The molecule has 25 heavy (non-hydrogen) atoms. The summed E-state index contributed by atoms with van der Waals surface area (Å²) in [7, 11) is -3.66. The van der Waals surface area contributed by atoms with Crippen molar-refractivity contribution in [2.75, 3.05) is 13.1 Å². The van der Waals surface area contributed by atoms with Gasteiger partial charge < -0.3 is 5.11 Å². The van der Waals surface area contributed by atoms with Gasteiger partial charge >= 0.3 is 5.97 Å². The second-order valence-electron chi connectivity index (χ2n) is 6.88. The minimum atomic E-state index is -3.66. The Morgan fingerprint density at radius 1 is 1.16 bits per heavy atom. The molecule has 0 unspecified atom stereocenters. The Morgan fingerprint density at radius 3 is 2.24 bits per heavy atom. The van der Waals surface area contributed by atoms with Gasteiger partial charge in [-0.2, -0.15) is 4.31 Å². The van der Waals surface area contributed by atoms with Crippen molar-refractivity contribution < 1.29 is 18.3 Å². The van der Waals surface area contributed by atoms with Gasteiger partial charge in [-0.3, -0.25) is 4.98 Å². The fraction of sp³-hybridized carbons (Fsp3) is 0.444. The second kappa shape index (κ2) is 6.72. The highest BCUT2D eigenvalue weighted by atomic mass is 32.2. The van der Waals surface area contributed by atoms with Crippen LogP contribution in [0.5, 0.6) is 0 Å². The highest BCUT2D eigenvalue weighted by Crippen LogP contribution is 2.28. The van der Waals surface area contributed by atoms with Crippen LogP contribution in [-0.4, -0.2) is 41.9 Å². The molecule has 1 aromatic heterocycles. The third-order valence-electron chi connectivity index (χ3n) is 4.12. The van der Waals surface area contributed by atoms with Gasteiger partial charge in [0.05, 0.1) is 16.0 Å². The number of rotatable bonds is 5. The van der Waals surface area contributed by atoms with Gasteiger partial charge in [0.25, 0.3) is 0 Å². The number of nitrogens with zero attached hydrogens (tertiary/aromatic N) is 2. The third-order valence-corrected chi connectivity index (χ3v) is 6.17. The zero-order chi connectivity index (χ0) is 19.0. The molecule has 0 bridgehead atoms. The number of hydrogen-bond acceptors (Lipinski definition) is 4. The van der Waals surface area contributed by atoms with E-state index in [1.165, 1.54) is 22.5 Å². The van der Waals surface area contributed by atoms with Crippen molar-refractivity contribution in [3.05, 3.63) is 35.5 Å². The molecule has 0 saturated carbocycles. The summed E-state index contributed by atoms with van der Waals surface area (Å²) in [6.45, 7) is 10.1. The van der Waals surface area contributed by atoms with E-state index in [9.17, 15) is 18.3 Å². The first-order valence-corrected chi connectivity index (χ1v) is 9.65. The molecule has 0 atom stereocenters. The molecule has 0 aliphatic rings. The summed E-state index contributed by atoms with van der Waals surface area (Å²) in [5.41, 5.74) is 0.872. The summed E-state index contributed by atoms with van der Waals surface area (Å²) >= 11 is 0. The number of aromatic nitrogens is 1. The maximum Gasteiger partial charge on any atom is 0.336 e. The number of carbonyl (C=O) groups is 1. The van der Waals surface area contributed by atoms with Crippen molar-refractivity contribution in [1.29, 1.82) is 0 Å². The summed E-state index contributed by atoms with van der Waals surface area (Å²) in [6, 6.07) is 6.00. The lowest BCUT2D eigenvalue weighted by Crippen LogP contribution is -2.30. The molecule has 1 heterocycles. The Balaban J connectivity index is 2.76. The summed E-state index contributed by atoms with van der Waals surface area (Å²) in [6.07, 6.45) is 0. The highest BCUT2D eigenvalue weighted by molar-refractivity contribution is 7.89. The lowest BCUT2D eigenvalue weighted by Gasteiger charge is -2.21. The fourth-order valence-electron chi connectivity index (χ4n) is 2.64. The lowest BCUT2D eigenvalue weighted by molar-refractivity contribution is 0.0698. The summed E-state index contributed by atoms with van der Waals surface area (Å²) in [5.74, 6) is -1.10. The van der Waals surface area contributed by atoms with Crippen LogP contribution in [0.1, 0.15) is 50.7 Å². The van der Waals surface area contributed by atoms with Crippen LogP contribution >= 0.6 is 0 Å². The van der Waals surface area contributed by atoms with Crippen LogP contribution in [0.25, 0.3) is 10.9 Å². The average molecular weight is 364 g/mol. The van der Waals surface area contributed by atoms with E-state index in [1.807, 2.05) is 20.8 Å². The molecule has 0 amide bonds. The van der Waals surface area contributed by atoms with Gasteiger partial charge in [0, 0.05) is 29.6 Å². The standard InChI is InChI=1S/C18H24N2O4S/c1-6-20(7-2)25(23,24)12-8-9-15-13(10-12)14(17(21)22)11-16(19-15)18(3,4)5/h8-11H,6-7H2,1-5H3,(H,21,22). The molecule has 7 heteroatoms. The van der Waals surface area contributed by atoms with Crippen LogP contribution in [0.15, 0.2) is 29.2 Å². The van der Waals surface area contributed by atoms with E-state index in [0.717, 1.165) is 0 Å². The smallest absolute Gasteiger partial charge is 0.336 e. The zero-order valence-corrected chi connectivity index (χ0v) is 16.0. The van der Waals surface area contributed by atoms with Crippen LogP contribution in [0.4, 0.5) is 0 Å². The molecule has 0 saturated heterocycles. The van der Waals surface area contributed by atoms with Gasteiger partial charge in [-0.15, -0.1) is 0 Å². The van der Waals surface area contributed by atoms with Gasteiger partial charge in [-0.05, 0) is 24.3 Å². The number of sulfonamides is 1. The van der Waals surface area contributed by atoms with Crippen molar-refractivity contribution in [3.63, 3.8) is 0 Å². The average Bonchev–Trinajstić information content (AvgIpc) is 2.53. The quantitative estimate of drug-likeness (QED) is 0.880. The van der Waals surface area contributed by atoms with Gasteiger partial charge in [0.15, 0.2) is 0 Å². The minimum Gasteiger partial charge on any atom is -0.478 e. The second-order valence-corrected chi connectivity index (χ2v) is 8.82. The predicted octanol–water partition coefficient (Wildman–Crippen LogP) is 3.26. The molecule has 0 fully saturated rings. The van der Waals surface area contributed by atoms with Gasteiger partial charge in [0.2, 0.25) is 10.0 Å². The van der Waals surface area contributed by atoms with Gasteiger partial charge in [0.1, 0.15) is 0 Å². The Hall–Kier alpha value is -1.99. The highest BCUT2D eigenvalue weighted by Gasteiger charge is 2.24. The molecule has 0 spiro atoms. The molecule has 0 aliphatic carbocycles. The Labute approximate surface area is 148 Å². The normalized spacial score (nSPS) is 12.7. The molecule has 1 N–H and O–H groups in total. The van der Waals surface area contributed by atoms with Crippen LogP contribution in [0.2, 0.25) is 0 Å². The van der Waals surface area contributed by atoms with E-state index in [0.29, 0.717) is 29.7 Å². The van der Waals surface area contributed by atoms with E-state index in [1.54, 1.807) is 19.9 Å². The van der Waals surface area contributed by atoms with Crippen molar-refractivity contribution in [3.8, 4) is 0 Å². The largest absolute Gasteiger partial charge is 0.478 e. The van der Waals surface area contributed by atoms with Crippen molar-refractivity contribution in [2.24, 2.45) is 0 Å². The molecule has 136 valence electrons. The van der Waals surface area contributed by atoms with Crippen LogP contribution in [0.3, 0.4) is 0 Å². The topological polar surface area (TPSA) is 87.6 Å². The number of aromatic carboxylic acids is 1. The molecule has 0 radical (unpaired) electrons. The van der Waals surface area contributed by atoms with Crippen LogP contribution < -0.4 is 0 Å². The summed E-state index contributed by atoms with van der Waals surface area (Å²) in [5, 5.41) is 9.91. The Morgan fingerprint density at radius 2 is 1.76 bits per heavy atom. The Kier molecular flexibility index (Phi) is 5.20. The maximum atomic E-state index is 12.7. The first-order chi connectivity index (χ1) is 11.5. The monoisotopic (exact) mass is 364 g/mol. The molecule has 1 aromatic carbocycles. The molecule has 0 aliphatic heterocycles. The van der Waals surface area contributed by atoms with E-state index in [2.05, 4.69) is 4.98 Å². The van der Waals surface area contributed by atoms with Crippen LogP contribution in [-0.2, 0) is 15.4 Å². The summed E-state index contributed by atoms with van der Waals surface area (Å²) in [4.78, 5) is 16.3.